The second-order valence-electron chi connectivity index (χ2n) is 4.25. The van der Waals surface area contributed by atoms with Gasteiger partial charge in [-0.1, -0.05) is 26.0 Å². The molecule has 82 valence electrons. The molecule has 0 radical (unpaired) electrons. The summed E-state index contributed by atoms with van der Waals surface area (Å²) in [5.74, 6) is 0. The number of hydrogen-bond donors (Lipinski definition) is 0. The highest BCUT2D eigenvalue weighted by Crippen LogP contribution is 2.14. The predicted octanol–water partition coefficient (Wildman–Crippen LogP) is 3.50. The number of benzene rings is 1. The number of nitrogens with zero attached hydrogens (tertiary/aromatic N) is 1. The Hall–Kier alpha value is -1.31. The maximum Gasteiger partial charge on any atom is 0.228 e. The minimum Gasteiger partial charge on any atom is -0.236 e. The molecule has 0 saturated heterocycles. The monoisotopic (exact) mass is 206 g/mol. The summed E-state index contributed by atoms with van der Waals surface area (Å²) in [4.78, 5) is 0. The van der Waals surface area contributed by atoms with Crippen LogP contribution in [0.2, 0.25) is 0 Å². The third-order valence-corrected chi connectivity index (χ3v) is 2.03. The first-order valence-electron chi connectivity index (χ1n) is 5.48. The molecule has 1 aromatic carbocycles. The quantitative estimate of drug-likeness (QED) is 0.603. The molecule has 0 aliphatic carbocycles. The zero-order chi connectivity index (χ0) is 11.5. The average Bonchev–Trinajstić information content (AvgIpc) is 2.63. The van der Waals surface area contributed by atoms with Crippen molar-refractivity contribution in [1.82, 2.24) is 0 Å². The smallest absolute Gasteiger partial charge is 0.228 e. The summed E-state index contributed by atoms with van der Waals surface area (Å²) in [5.41, 5.74) is 0.955. The number of fused-ring (bicyclic) bond motifs is 1. The van der Waals surface area contributed by atoms with E-state index in [9.17, 15) is 0 Å². The summed E-state index contributed by atoms with van der Waals surface area (Å²) in [6.45, 7) is 10.4. The third kappa shape index (κ3) is 2.58. The van der Waals surface area contributed by atoms with Crippen molar-refractivity contribution in [2.24, 2.45) is 0 Å². The van der Waals surface area contributed by atoms with Gasteiger partial charge in [0.05, 0.1) is 5.39 Å². The Morgan fingerprint density at radius 3 is 2.20 bits per heavy atom. The van der Waals surface area contributed by atoms with Crippen LogP contribution >= 0.6 is 0 Å². The van der Waals surface area contributed by atoms with E-state index in [-0.39, 0.29) is 5.54 Å². The van der Waals surface area contributed by atoms with Crippen molar-refractivity contribution in [3.63, 3.8) is 0 Å². The Labute approximate surface area is 91.5 Å². The van der Waals surface area contributed by atoms with Crippen LogP contribution in [0.3, 0.4) is 0 Å². The summed E-state index contributed by atoms with van der Waals surface area (Å²) < 4.78 is 7.54. The Bertz CT molecular complexity index is 390. The van der Waals surface area contributed by atoms with Gasteiger partial charge in [-0.3, -0.25) is 0 Å². The SMILES string of the molecule is CC.CC(C)(C)[n+]1cc2ccccc2o1. The van der Waals surface area contributed by atoms with Gasteiger partial charge in [-0.05, 0) is 16.9 Å². The maximum absolute atomic E-state index is 5.65. The van der Waals surface area contributed by atoms with E-state index in [0.717, 1.165) is 11.0 Å². The van der Waals surface area contributed by atoms with Crippen LogP contribution in [-0.2, 0) is 5.54 Å². The fraction of sp³-hybridized carbons (Fsp3) is 0.462. The standard InChI is InChI=1S/C11H14NO.C2H6/c1-11(2,3)12-8-9-6-4-5-7-10(9)13-12;1-2/h4-8H,1-3H3;1-2H3/q+1;. The van der Waals surface area contributed by atoms with Crippen molar-refractivity contribution in [2.75, 3.05) is 0 Å². The highest BCUT2D eigenvalue weighted by molar-refractivity contribution is 5.74. The molecule has 0 N–H and O–H groups in total. The van der Waals surface area contributed by atoms with Gasteiger partial charge < -0.3 is 0 Å². The fourth-order valence-electron chi connectivity index (χ4n) is 1.26. The molecule has 0 spiro atoms. The van der Waals surface area contributed by atoms with Gasteiger partial charge in [0.2, 0.25) is 17.3 Å². The van der Waals surface area contributed by atoms with E-state index in [2.05, 4.69) is 26.8 Å². The van der Waals surface area contributed by atoms with E-state index in [1.54, 1.807) is 0 Å². The van der Waals surface area contributed by atoms with Crippen molar-refractivity contribution < 1.29 is 9.26 Å². The normalized spacial score (nSPS) is 11.0. The predicted molar refractivity (Wildman–Crippen MR) is 62.8 cm³/mol. The van der Waals surface area contributed by atoms with Gasteiger partial charge in [0.1, 0.15) is 0 Å². The molecule has 2 nitrogen and oxygen atoms in total. The molecule has 0 unspecified atom stereocenters. The number of aromatic nitrogens is 1. The molecule has 0 bridgehead atoms. The lowest BCUT2D eigenvalue weighted by Crippen LogP contribution is -2.48. The molecule has 1 heterocycles. The first kappa shape index (κ1) is 11.8. The molecular weight excluding hydrogens is 186 g/mol. The van der Waals surface area contributed by atoms with Crippen molar-refractivity contribution in [2.45, 2.75) is 40.2 Å². The average molecular weight is 206 g/mol. The van der Waals surface area contributed by atoms with E-state index < -0.39 is 0 Å². The Morgan fingerprint density at radius 2 is 1.67 bits per heavy atom. The molecule has 2 heteroatoms. The number of para-hydroxylation sites is 1. The van der Waals surface area contributed by atoms with E-state index in [0.29, 0.717) is 0 Å². The van der Waals surface area contributed by atoms with E-state index in [1.165, 1.54) is 0 Å². The number of hydrogen-bond acceptors (Lipinski definition) is 1. The van der Waals surface area contributed by atoms with E-state index in [4.69, 9.17) is 4.52 Å². The fourth-order valence-corrected chi connectivity index (χ4v) is 1.26. The molecule has 2 rings (SSSR count). The van der Waals surface area contributed by atoms with E-state index in [1.807, 2.05) is 43.0 Å². The van der Waals surface area contributed by atoms with Crippen LogP contribution < -0.4 is 4.74 Å². The molecule has 1 aromatic heterocycles. The molecule has 0 saturated carbocycles. The van der Waals surface area contributed by atoms with Gasteiger partial charge in [-0.25, -0.2) is 4.52 Å². The zero-order valence-electron chi connectivity index (χ0n) is 10.2. The second kappa shape index (κ2) is 4.47. The molecular formula is C13H20NO+. The van der Waals surface area contributed by atoms with Crippen LogP contribution in [0.25, 0.3) is 11.0 Å². The second-order valence-corrected chi connectivity index (χ2v) is 4.25. The summed E-state index contributed by atoms with van der Waals surface area (Å²) in [6.07, 6.45) is 2.04. The van der Waals surface area contributed by atoms with Crippen molar-refractivity contribution in [1.29, 1.82) is 0 Å². The summed E-state index contributed by atoms with van der Waals surface area (Å²) in [6, 6.07) is 8.04. The Kier molecular flexibility index (Phi) is 3.51. The highest BCUT2D eigenvalue weighted by atomic mass is 16.5. The molecule has 0 fully saturated rings. The highest BCUT2D eigenvalue weighted by Gasteiger charge is 2.26. The topological polar surface area (TPSA) is 17.0 Å². The summed E-state index contributed by atoms with van der Waals surface area (Å²) >= 11 is 0. The lowest BCUT2D eigenvalue weighted by molar-refractivity contribution is -0.903. The van der Waals surface area contributed by atoms with Gasteiger partial charge >= 0.3 is 0 Å². The van der Waals surface area contributed by atoms with Gasteiger partial charge in [0.25, 0.3) is 0 Å². The Balaban J connectivity index is 0.000000531. The lowest BCUT2D eigenvalue weighted by atomic mass is 10.1. The molecule has 0 atom stereocenters. The molecule has 0 amide bonds. The van der Waals surface area contributed by atoms with Gasteiger partial charge in [-0.2, -0.15) is 0 Å². The van der Waals surface area contributed by atoms with Crippen LogP contribution in [0, 0.1) is 0 Å². The molecule has 15 heavy (non-hydrogen) atoms. The van der Waals surface area contributed by atoms with E-state index >= 15 is 0 Å². The van der Waals surface area contributed by atoms with Crippen LogP contribution in [0.15, 0.2) is 35.0 Å². The van der Waals surface area contributed by atoms with Crippen LogP contribution in [0.5, 0.6) is 0 Å². The molecule has 2 aromatic rings. The van der Waals surface area contributed by atoms with Gasteiger partial charge in [0, 0.05) is 20.8 Å². The Morgan fingerprint density at radius 1 is 1.07 bits per heavy atom. The first-order valence-corrected chi connectivity index (χ1v) is 5.48. The number of rotatable bonds is 0. The van der Waals surface area contributed by atoms with Crippen molar-refractivity contribution in [3.8, 4) is 0 Å². The van der Waals surface area contributed by atoms with Crippen LogP contribution in [0.1, 0.15) is 34.6 Å². The lowest BCUT2D eigenvalue weighted by Gasteiger charge is -2.04. The van der Waals surface area contributed by atoms with Crippen LogP contribution in [-0.4, -0.2) is 0 Å². The zero-order valence-corrected chi connectivity index (χ0v) is 10.2. The van der Waals surface area contributed by atoms with Crippen molar-refractivity contribution >= 4 is 11.0 Å². The third-order valence-electron chi connectivity index (χ3n) is 2.03. The van der Waals surface area contributed by atoms with Crippen molar-refractivity contribution in [3.05, 3.63) is 30.5 Å². The summed E-state index contributed by atoms with van der Waals surface area (Å²) in [7, 11) is 0. The van der Waals surface area contributed by atoms with Crippen LogP contribution in [0.4, 0.5) is 0 Å². The molecule has 0 aliphatic rings. The van der Waals surface area contributed by atoms with Gasteiger partial charge in [0.15, 0.2) is 0 Å². The first-order chi connectivity index (χ1) is 7.07. The minimum atomic E-state index is 0.0129. The maximum atomic E-state index is 5.65. The summed E-state index contributed by atoms with van der Waals surface area (Å²) in [5, 5.41) is 1.15. The minimum absolute atomic E-state index is 0.0129. The largest absolute Gasteiger partial charge is 0.236 e. The van der Waals surface area contributed by atoms with Gasteiger partial charge in [-0.15, -0.1) is 0 Å². The molecule has 0 aliphatic heterocycles.